The van der Waals surface area contributed by atoms with Crippen LogP contribution in [0.15, 0.2) is 48.2 Å². The van der Waals surface area contributed by atoms with Gasteiger partial charge in [-0.1, -0.05) is 6.07 Å². The monoisotopic (exact) mass is 505 g/mol. The highest BCUT2D eigenvalue weighted by molar-refractivity contribution is 6.46. The number of imidazole rings is 1. The van der Waals surface area contributed by atoms with E-state index in [0.717, 1.165) is 5.56 Å². The number of carbonyl (C=O) groups excluding carboxylic acids is 2. The summed E-state index contributed by atoms with van der Waals surface area (Å²) in [6.07, 6.45) is 1.82. The molecule has 37 heavy (non-hydrogen) atoms. The second-order valence-electron chi connectivity index (χ2n) is 9.23. The molecule has 1 atom stereocenters. The van der Waals surface area contributed by atoms with E-state index in [0.29, 0.717) is 49.8 Å². The summed E-state index contributed by atoms with van der Waals surface area (Å²) in [4.78, 5) is 45.4. The Morgan fingerprint density at radius 1 is 1.14 bits per heavy atom. The predicted octanol–water partition coefficient (Wildman–Crippen LogP) is 2.61. The van der Waals surface area contributed by atoms with E-state index in [2.05, 4.69) is 9.88 Å². The number of nitrogens with zero attached hydrogens (tertiary/aromatic N) is 5. The van der Waals surface area contributed by atoms with Crippen LogP contribution in [-0.4, -0.2) is 80.3 Å². The molecule has 11 heteroatoms. The average Bonchev–Trinajstić information content (AvgIpc) is 3.37. The molecule has 192 valence electrons. The molecule has 0 saturated carbocycles. The second kappa shape index (κ2) is 9.75. The number of aromatic nitrogens is 2. The largest absolute Gasteiger partial charge is 0.505 e. The number of amides is 1. The molecule has 1 unspecified atom stereocenters. The van der Waals surface area contributed by atoms with Gasteiger partial charge in [-0.25, -0.2) is 4.98 Å². The number of Topliss-reactive ketones (excluding diaryl/α,β-unsaturated/α-hetero) is 1. The Morgan fingerprint density at radius 2 is 1.84 bits per heavy atom. The van der Waals surface area contributed by atoms with Crippen molar-refractivity contribution in [2.24, 2.45) is 0 Å². The third kappa shape index (κ3) is 4.36. The number of morpholine rings is 1. The van der Waals surface area contributed by atoms with Crippen LogP contribution >= 0.6 is 0 Å². The summed E-state index contributed by atoms with van der Waals surface area (Å²) in [5.74, 6) is -1.90. The van der Waals surface area contributed by atoms with E-state index in [1.807, 2.05) is 29.7 Å². The fraction of sp³-hybridized carbons (Fsp3) is 0.346. The molecule has 3 aromatic rings. The number of pyridine rings is 1. The number of rotatable bonds is 6. The molecule has 2 fully saturated rings. The molecule has 0 spiro atoms. The Balaban J connectivity index is 1.61. The highest BCUT2D eigenvalue weighted by atomic mass is 16.6. The van der Waals surface area contributed by atoms with Crippen molar-refractivity contribution in [3.8, 4) is 0 Å². The van der Waals surface area contributed by atoms with Crippen LogP contribution < -0.4 is 0 Å². The minimum atomic E-state index is -0.910. The summed E-state index contributed by atoms with van der Waals surface area (Å²) in [5.41, 5.74) is 2.67. The molecule has 2 aliphatic rings. The van der Waals surface area contributed by atoms with Gasteiger partial charge in [-0.05, 0) is 43.2 Å². The van der Waals surface area contributed by atoms with Crippen LogP contribution in [0.3, 0.4) is 0 Å². The van der Waals surface area contributed by atoms with Crippen LogP contribution in [0.1, 0.15) is 28.6 Å². The first kappa shape index (κ1) is 24.6. The molecule has 0 aliphatic carbocycles. The van der Waals surface area contributed by atoms with Gasteiger partial charge in [-0.2, -0.15) is 0 Å². The Kier molecular flexibility index (Phi) is 6.48. The normalized spacial score (nSPS) is 20.2. The molecule has 4 heterocycles. The SMILES string of the molecule is Cc1cccn2c(C)c(C(O)=C3C(=O)C(=O)N(CCN4CCOCC4)C3c3ccc([N+](=O)[O-])cc3)nc12. The third-order valence-corrected chi connectivity index (χ3v) is 7.03. The van der Waals surface area contributed by atoms with E-state index >= 15 is 0 Å². The number of aryl methyl sites for hydroxylation is 2. The minimum Gasteiger partial charge on any atom is -0.505 e. The Bertz CT molecular complexity index is 1420. The van der Waals surface area contributed by atoms with E-state index in [4.69, 9.17) is 4.74 Å². The topological polar surface area (TPSA) is 131 Å². The van der Waals surface area contributed by atoms with Crippen LogP contribution in [0.4, 0.5) is 5.69 Å². The van der Waals surface area contributed by atoms with Gasteiger partial charge >= 0.3 is 0 Å². The van der Waals surface area contributed by atoms with Gasteiger partial charge in [0.1, 0.15) is 11.3 Å². The highest BCUT2D eigenvalue weighted by Gasteiger charge is 2.46. The maximum Gasteiger partial charge on any atom is 0.295 e. The number of likely N-dealkylation sites (tertiary alicyclic amines) is 1. The van der Waals surface area contributed by atoms with Crippen molar-refractivity contribution in [1.82, 2.24) is 19.2 Å². The van der Waals surface area contributed by atoms with Gasteiger partial charge in [0, 0.05) is 44.5 Å². The summed E-state index contributed by atoms with van der Waals surface area (Å²) >= 11 is 0. The molecule has 11 nitrogen and oxygen atoms in total. The van der Waals surface area contributed by atoms with Crippen molar-refractivity contribution in [2.45, 2.75) is 19.9 Å². The van der Waals surface area contributed by atoms with Gasteiger partial charge in [0.15, 0.2) is 5.76 Å². The zero-order valence-electron chi connectivity index (χ0n) is 20.6. The van der Waals surface area contributed by atoms with E-state index in [1.54, 1.807) is 6.92 Å². The van der Waals surface area contributed by atoms with Crippen LogP contribution in [0.5, 0.6) is 0 Å². The summed E-state index contributed by atoms with van der Waals surface area (Å²) in [6, 6.07) is 8.55. The lowest BCUT2D eigenvalue weighted by atomic mass is 9.96. The summed E-state index contributed by atoms with van der Waals surface area (Å²) < 4.78 is 7.21. The van der Waals surface area contributed by atoms with Gasteiger partial charge in [0.2, 0.25) is 0 Å². The predicted molar refractivity (Wildman–Crippen MR) is 134 cm³/mol. The summed E-state index contributed by atoms with van der Waals surface area (Å²) in [7, 11) is 0. The van der Waals surface area contributed by atoms with E-state index in [9.17, 15) is 24.8 Å². The van der Waals surface area contributed by atoms with Crippen molar-refractivity contribution >= 4 is 28.8 Å². The molecule has 2 aromatic heterocycles. The van der Waals surface area contributed by atoms with Crippen molar-refractivity contribution in [3.63, 3.8) is 0 Å². The Morgan fingerprint density at radius 3 is 2.49 bits per heavy atom. The molecule has 2 saturated heterocycles. The van der Waals surface area contributed by atoms with Crippen LogP contribution in [0.25, 0.3) is 11.4 Å². The molecule has 0 bridgehead atoms. The summed E-state index contributed by atoms with van der Waals surface area (Å²) in [5, 5.41) is 22.7. The zero-order chi connectivity index (χ0) is 26.3. The van der Waals surface area contributed by atoms with Crippen LogP contribution in [-0.2, 0) is 14.3 Å². The number of benzene rings is 1. The molecule has 2 aliphatic heterocycles. The Hall–Kier alpha value is -4.09. The molecular weight excluding hydrogens is 478 g/mol. The van der Waals surface area contributed by atoms with Gasteiger partial charge < -0.3 is 19.1 Å². The van der Waals surface area contributed by atoms with Gasteiger partial charge in [-0.15, -0.1) is 0 Å². The number of fused-ring (bicyclic) bond motifs is 1. The first-order valence-corrected chi connectivity index (χ1v) is 12.1. The summed E-state index contributed by atoms with van der Waals surface area (Å²) in [6.45, 7) is 7.06. The quantitative estimate of drug-likeness (QED) is 0.178. The van der Waals surface area contributed by atoms with Gasteiger partial charge in [-0.3, -0.25) is 24.6 Å². The van der Waals surface area contributed by atoms with Gasteiger partial charge in [0.25, 0.3) is 17.4 Å². The number of aliphatic hydroxyl groups excluding tert-OH is 1. The molecule has 1 aromatic carbocycles. The third-order valence-electron chi connectivity index (χ3n) is 7.03. The number of ketones is 1. The fourth-order valence-corrected chi connectivity index (χ4v) is 4.98. The van der Waals surface area contributed by atoms with Crippen molar-refractivity contribution in [3.05, 3.63) is 80.8 Å². The lowest BCUT2D eigenvalue weighted by molar-refractivity contribution is -0.384. The van der Waals surface area contributed by atoms with Crippen molar-refractivity contribution < 1.29 is 24.4 Å². The zero-order valence-corrected chi connectivity index (χ0v) is 20.6. The highest BCUT2D eigenvalue weighted by Crippen LogP contribution is 2.40. The molecule has 0 radical (unpaired) electrons. The van der Waals surface area contributed by atoms with E-state index in [-0.39, 0.29) is 29.3 Å². The second-order valence-corrected chi connectivity index (χ2v) is 9.23. The lowest BCUT2D eigenvalue weighted by Crippen LogP contribution is -2.42. The number of hydrogen-bond acceptors (Lipinski definition) is 8. The van der Waals surface area contributed by atoms with E-state index < -0.39 is 22.7 Å². The van der Waals surface area contributed by atoms with Gasteiger partial charge in [0.05, 0.1) is 35.4 Å². The fourth-order valence-electron chi connectivity index (χ4n) is 4.98. The number of nitro groups is 1. The number of aliphatic hydroxyl groups is 1. The van der Waals surface area contributed by atoms with Crippen LogP contribution in [0.2, 0.25) is 0 Å². The molecular formula is C26H27N5O6. The number of carbonyl (C=O) groups is 2. The number of hydrogen-bond donors (Lipinski definition) is 1. The maximum atomic E-state index is 13.3. The van der Waals surface area contributed by atoms with Crippen molar-refractivity contribution in [2.75, 3.05) is 39.4 Å². The number of nitro benzene ring substituents is 1. The minimum absolute atomic E-state index is 0.0787. The average molecular weight is 506 g/mol. The van der Waals surface area contributed by atoms with Crippen molar-refractivity contribution in [1.29, 1.82) is 0 Å². The van der Waals surface area contributed by atoms with E-state index in [1.165, 1.54) is 29.2 Å². The molecule has 1 amide bonds. The Labute approximate surface area is 212 Å². The first-order valence-electron chi connectivity index (χ1n) is 12.1. The lowest BCUT2D eigenvalue weighted by Gasteiger charge is -2.31. The standard InChI is InChI=1S/C26H27N5O6/c1-16-4-3-9-29-17(2)21(27-25(16)29)23(32)20-22(18-5-7-19(8-6-18)31(35)36)30(26(34)24(20)33)11-10-28-12-14-37-15-13-28/h3-9,22,32H,10-15H2,1-2H3. The smallest absolute Gasteiger partial charge is 0.295 e. The first-order chi connectivity index (χ1) is 17.8. The number of non-ortho nitro benzene ring substituents is 1. The maximum absolute atomic E-state index is 13.3. The molecule has 1 N–H and O–H groups in total. The number of ether oxygens (including phenoxy) is 1. The van der Waals surface area contributed by atoms with Crippen LogP contribution in [0, 0.1) is 24.0 Å². The molecule has 5 rings (SSSR count).